The van der Waals surface area contributed by atoms with Crippen molar-refractivity contribution >= 4 is 5.97 Å². The first-order valence-corrected chi connectivity index (χ1v) is 11.2. The van der Waals surface area contributed by atoms with Crippen molar-refractivity contribution in [2.24, 2.45) is 0 Å². The van der Waals surface area contributed by atoms with Crippen LogP contribution in [0.2, 0.25) is 0 Å². The molecule has 1 heterocycles. The minimum Gasteiger partial charge on any atom is -0.461 e. The monoisotopic (exact) mass is 501 g/mol. The Labute approximate surface area is 215 Å². The Bertz CT molecular complexity index is 810. The van der Waals surface area contributed by atoms with E-state index < -0.39 is 12.1 Å². The number of aliphatic hydroxyl groups is 1. The normalized spacial score (nSPS) is 16.4. The topological polar surface area (TPSA) is 76.4 Å². The van der Waals surface area contributed by atoms with Crippen LogP contribution >= 0.6 is 0 Å². The average molecular weight is 501 g/mol. The van der Waals surface area contributed by atoms with Crippen LogP contribution in [0.3, 0.4) is 0 Å². The van der Waals surface area contributed by atoms with Crippen molar-refractivity contribution < 1.29 is 31.7 Å². The van der Waals surface area contributed by atoms with Gasteiger partial charge in [-0.05, 0) is 89.3 Å². The van der Waals surface area contributed by atoms with Gasteiger partial charge in [0.2, 0.25) is 0 Å². The number of aromatic nitrogens is 2. The van der Waals surface area contributed by atoms with E-state index in [0.29, 0.717) is 24.5 Å². The standard InChI is InChI=1S/C22H26N3O3.C5H5.Fe/c1-2-28-22(27)21-14-20(18-10-6-7-11-18)24-25(21)16-19(26)15-23-13-12-17-8-4-3-5-9-17;1-2-4-5-3-1;/h3-11,14,19,23,26H,2,12-13,15-16H2,1H3;1-5H;/q;;+2/t19-;;/m1../s1. The number of benzene rings is 1. The molecule has 4 rings (SSSR count). The largest absolute Gasteiger partial charge is 2.00 e. The first-order chi connectivity index (χ1) is 16.2. The van der Waals surface area contributed by atoms with Crippen LogP contribution in [0.4, 0.5) is 0 Å². The zero-order chi connectivity index (χ0) is 23.3. The SMILES string of the molecule is CCOC(=O)c1cc([C]2[CH][CH][CH][CH]2)nn1C[C@H](O)CNCCc1ccccc1.[CH]1[CH][CH][CH][CH]1.[Fe+2]. The molecule has 7 heteroatoms. The third-order valence-electron chi connectivity index (χ3n) is 4.98. The number of aliphatic hydroxyl groups excluding tert-OH is 1. The van der Waals surface area contributed by atoms with Gasteiger partial charge in [0.1, 0.15) is 5.69 Å². The fraction of sp³-hybridized carbons (Fsp3) is 0.259. The van der Waals surface area contributed by atoms with Crippen molar-refractivity contribution in [3.05, 3.63) is 117 Å². The van der Waals surface area contributed by atoms with E-state index in [1.165, 1.54) is 10.2 Å². The molecule has 1 aromatic heterocycles. The number of ether oxygens (including phenoxy) is 1. The van der Waals surface area contributed by atoms with Gasteiger partial charge in [0, 0.05) is 12.5 Å². The number of carbonyl (C=O) groups excluding carboxylic acids is 1. The molecular weight excluding hydrogens is 470 g/mol. The van der Waals surface area contributed by atoms with E-state index in [1.54, 1.807) is 13.0 Å². The Morgan fingerprint density at radius 1 is 1.06 bits per heavy atom. The molecule has 0 unspecified atom stereocenters. The zero-order valence-corrected chi connectivity index (χ0v) is 20.4. The molecular formula is C27H31FeN3O3+2. The van der Waals surface area contributed by atoms with Crippen LogP contribution in [0.1, 0.15) is 28.7 Å². The van der Waals surface area contributed by atoms with E-state index in [0.717, 1.165) is 18.9 Å². The fourth-order valence-corrected chi connectivity index (χ4v) is 3.34. The van der Waals surface area contributed by atoms with Crippen LogP contribution in [-0.4, -0.2) is 46.7 Å². The van der Waals surface area contributed by atoms with Crippen LogP contribution in [0, 0.1) is 63.7 Å². The van der Waals surface area contributed by atoms with Crippen molar-refractivity contribution in [3.8, 4) is 0 Å². The first kappa shape index (κ1) is 28.6. The Morgan fingerprint density at radius 2 is 1.71 bits per heavy atom. The van der Waals surface area contributed by atoms with Crippen LogP contribution in [-0.2, 0) is 34.8 Å². The van der Waals surface area contributed by atoms with Crippen LogP contribution < -0.4 is 5.32 Å². The molecule has 10 radical (unpaired) electrons. The third-order valence-corrected chi connectivity index (χ3v) is 4.98. The summed E-state index contributed by atoms with van der Waals surface area (Å²) in [4.78, 5) is 12.3. The Morgan fingerprint density at radius 3 is 2.32 bits per heavy atom. The molecule has 6 nitrogen and oxygen atoms in total. The van der Waals surface area contributed by atoms with Gasteiger partial charge in [-0.3, -0.25) is 4.68 Å². The van der Waals surface area contributed by atoms with Crippen molar-refractivity contribution in [1.82, 2.24) is 15.1 Å². The van der Waals surface area contributed by atoms with Crippen molar-refractivity contribution in [3.63, 3.8) is 0 Å². The second-order valence-electron chi connectivity index (χ2n) is 7.55. The van der Waals surface area contributed by atoms with Crippen molar-refractivity contribution in [2.45, 2.75) is 26.0 Å². The Balaban J connectivity index is 0.000000603. The number of carbonyl (C=O) groups is 1. The zero-order valence-electron chi connectivity index (χ0n) is 19.3. The second kappa shape index (κ2) is 16.1. The summed E-state index contributed by atoms with van der Waals surface area (Å²) in [5.74, 6) is 0.497. The smallest absolute Gasteiger partial charge is 0.461 e. The predicted octanol–water partition coefficient (Wildman–Crippen LogP) is 3.03. The molecule has 0 amide bonds. The van der Waals surface area contributed by atoms with E-state index in [1.807, 2.05) is 76.0 Å². The third kappa shape index (κ3) is 9.53. The molecule has 2 aliphatic carbocycles. The maximum Gasteiger partial charge on any atom is 2.00 e. The number of hydrogen-bond acceptors (Lipinski definition) is 5. The summed E-state index contributed by atoms with van der Waals surface area (Å²) < 4.78 is 6.66. The number of nitrogens with one attached hydrogen (secondary N) is 1. The first-order valence-electron chi connectivity index (χ1n) is 11.2. The number of hydrogen-bond donors (Lipinski definition) is 2. The molecule has 2 aliphatic rings. The predicted molar refractivity (Wildman–Crippen MR) is 128 cm³/mol. The van der Waals surface area contributed by atoms with Gasteiger partial charge in [0.25, 0.3) is 0 Å². The summed E-state index contributed by atoms with van der Waals surface area (Å²) in [5.41, 5.74) is 2.29. The molecule has 1 aromatic carbocycles. The van der Waals surface area contributed by atoms with Gasteiger partial charge in [-0.1, -0.05) is 30.3 Å². The Hall–Kier alpha value is -1.66. The quantitative estimate of drug-likeness (QED) is 0.298. The van der Waals surface area contributed by atoms with Gasteiger partial charge in [0.05, 0.1) is 24.9 Å². The van der Waals surface area contributed by atoms with Gasteiger partial charge >= 0.3 is 23.0 Å². The molecule has 2 fully saturated rings. The van der Waals surface area contributed by atoms with E-state index in [-0.39, 0.29) is 23.6 Å². The Kier molecular flexibility index (Phi) is 13.5. The summed E-state index contributed by atoms with van der Waals surface area (Å²) >= 11 is 0. The minimum absolute atomic E-state index is 0. The molecule has 0 saturated heterocycles. The number of esters is 1. The summed E-state index contributed by atoms with van der Waals surface area (Å²) in [7, 11) is 0. The van der Waals surface area contributed by atoms with Crippen molar-refractivity contribution in [1.29, 1.82) is 0 Å². The summed E-state index contributed by atoms with van der Waals surface area (Å²) in [6, 6.07) is 11.9. The fourth-order valence-electron chi connectivity index (χ4n) is 3.34. The van der Waals surface area contributed by atoms with Gasteiger partial charge < -0.3 is 15.2 Å². The van der Waals surface area contributed by atoms with Crippen LogP contribution in [0.25, 0.3) is 0 Å². The van der Waals surface area contributed by atoms with Gasteiger partial charge in [0.15, 0.2) is 0 Å². The molecule has 178 valence electrons. The summed E-state index contributed by atoms with van der Waals surface area (Å²) in [6.45, 7) is 3.46. The van der Waals surface area contributed by atoms with Gasteiger partial charge in [-0.25, -0.2) is 4.79 Å². The molecule has 2 aromatic rings. The molecule has 1 atom stereocenters. The summed E-state index contributed by atoms with van der Waals surface area (Å²) in [6.07, 6.45) is 17.9. The minimum atomic E-state index is -0.670. The molecule has 0 spiro atoms. The molecule has 2 N–H and O–H groups in total. The maximum atomic E-state index is 12.3. The van der Waals surface area contributed by atoms with Crippen molar-refractivity contribution in [2.75, 3.05) is 19.7 Å². The van der Waals surface area contributed by atoms with E-state index >= 15 is 0 Å². The summed E-state index contributed by atoms with van der Waals surface area (Å²) in [5, 5.41) is 18.2. The second-order valence-corrected chi connectivity index (χ2v) is 7.55. The average Bonchev–Trinajstić information content (AvgIpc) is 3.61. The van der Waals surface area contributed by atoms with Crippen LogP contribution in [0.15, 0.2) is 36.4 Å². The van der Waals surface area contributed by atoms with Gasteiger partial charge in [-0.2, -0.15) is 5.10 Å². The molecule has 0 bridgehead atoms. The van der Waals surface area contributed by atoms with Crippen LogP contribution in [0.5, 0.6) is 0 Å². The molecule has 34 heavy (non-hydrogen) atoms. The number of rotatable bonds is 10. The van der Waals surface area contributed by atoms with E-state index in [9.17, 15) is 9.90 Å². The van der Waals surface area contributed by atoms with E-state index in [2.05, 4.69) is 22.5 Å². The molecule has 2 saturated carbocycles. The maximum absolute atomic E-state index is 12.3. The molecule has 0 aliphatic heterocycles. The van der Waals surface area contributed by atoms with Gasteiger partial charge in [-0.15, -0.1) is 0 Å². The van der Waals surface area contributed by atoms with E-state index in [4.69, 9.17) is 4.74 Å². The number of nitrogens with zero attached hydrogens (tertiary/aromatic N) is 2.